The van der Waals surface area contributed by atoms with Crippen molar-refractivity contribution < 1.29 is 24.9 Å². The Bertz CT molecular complexity index is 236. The molecule has 2 N–H and O–H groups in total. The molecule has 0 saturated heterocycles. The number of allylic oxidation sites excluding steroid dienone is 1. The van der Waals surface area contributed by atoms with Crippen LogP contribution in [0.15, 0.2) is 12.3 Å². The number of unbranched alkanes of at least 4 members (excludes halogenated alkanes) is 1. The highest BCUT2D eigenvalue weighted by molar-refractivity contribution is 5.72. The lowest BCUT2D eigenvalue weighted by Crippen LogP contribution is -2.20. The number of esters is 1. The van der Waals surface area contributed by atoms with Crippen LogP contribution in [-0.2, 0) is 9.53 Å². The number of ether oxygens (including phenoxy) is 1. The average Bonchev–Trinajstić information content (AvgIpc) is 2.37. The van der Waals surface area contributed by atoms with Crippen molar-refractivity contribution in [1.29, 1.82) is 0 Å². The zero-order valence-corrected chi connectivity index (χ0v) is 12.2. The third-order valence-electron chi connectivity index (χ3n) is 2.50. The van der Waals surface area contributed by atoms with E-state index in [1.807, 2.05) is 0 Å². The van der Waals surface area contributed by atoms with Gasteiger partial charge < -0.3 is 20.1 Å². The average molecular weight is 275 g/mol. The fourth-order valence-electron chi connectivity index (χ4n) is 1.48. The second-order valence-electron chi connectivity index (χ2n) is 4.48. The second-order valence-corrected chi connectivity index (χ2v) is 4.48. The van der Waals surface area contributed by atoms with Gasteiger partial charge in [0.1, 0.15) is 0 Å². The van der Waals surface area contributed by atoms with Gasteiger partial charge in [0.25, 0.3) is 0 Å². The van der Waals surface area contributed by atoms with Gasteiger partial charge in [-0.15, -0.1) is 12.3 Å². The van der Waals surface area contributed by atoms with E-state index in [2.05, 4.69) is 13.5 Å². The van der Waals surface area contributed by atoms with Crippen molar-refractivity contribution >= 4 is 5.97 Å². The van der Waals surface area contributed by atoms with E-state index in [0.717, 1.165) is 19.3 Å². The second kappa shape index (κ2) is 13.4. The predicted octanol–water partition coefficient (Wildman–Crippen LogP) is 0.979. The molecule has 0 aliphatic carbocycles. The Balaban J connectivity index is 0. The Morgan fingerprint density at radius 3 is 2.26 bits per heavy atom. The maximum atomic E-state index is 11.4. The first kappa shape index (κ1) is 20.3. The monoisotopic (exact) mass is 275 g/mol. The molecular formula is C14H27O5-. The molecule has 0 amide bonds. The van der Waals surface area contributed by atoms with E-state index in [-0.39, 0.29) is 24.3 Å². The first-order valence-electron chi connectivity index (χ1n) is 6.58. The van der Waals surface area contributed by atoms with Gasteiger partial charge in [-0.2, -0.15) is 0 Å². The topological polar surface area (TPSA) is 89.8 Å². The molecular weight excluding hydrogens is 248 g/mol. The lowest BCUT2D eigenvalue weighted by molar-refractivity contribution is -0.300. The minimum atomic E-state index is -0.723. The molecule has 114 valence electrons. The summed E-state index contributed by atoms with van der Waals surface area (Å²) in [5.74, 6) is -0.440. The van der Waals surface area contributed by atoms with Crippen molar-refractivity contribution in [2.75, 3.05) is 13.7 Å². The van der Waals surface area contributed by atoms with Gasteiger partial charge in [0, 0.05) is 0 Å². The largest absolute Gasteiger partial charge is 0.876 e. The third kappa shape index (κ3) is 14.9. The van der Waals surface area contributed by atoms with Crippen LogP contribution in [0, 0.1) is 5.92 Å². The van der Waals surface area contributed by atoms with Gasteiger partial charge in [0.2, 0.25) is 0 Å². The Labute approximate surface area is 115 Å². The van der Waals surface area contributed by atoms with E-state index >= 15 is 0 Å². The van der Waals surface area contributed by atoms with Crippen LogP contribution in [0.2, 0.25) is 0 Å². The summed E-state index contributed by atoms with van der Waals surface area (Å²) in [6, 6.07) is 0. The van der Waals surface area contributed by atoms with Gasteiger partial charge in [-0.05, 0) is 19.3 Å². The summed E-state index contributed by atoms with van der Waals surface area (Å²) in [5, 5.41) is 27.2. The molecule has 0 rings (SSSR count). The van der Waals surface area contributed by atoms with Crippen LogP contribution in [0.5, 0.6) is 0 Å². The maximum absolute atomic E-state index is 11.4. The van der Waals surface area contributed by atoms with Crippen molar-refractivity contribution in [3.8, 4) is 0 Å². The van der Waals surface area contributed by atoms with E-state index < -0.39 is 6.10 Å². The van der Waals surface area contributed by atoms with Gasteiger partial charge in [-0.1, -0.05) is 26.7 Å². The van der Waals surface area contributed by atoms with E-state index in [1.165, 1.54) is 14.0 Å². The fourth-order valence-corrected chi connectivity index (χ4v) is 1.48. The van der Waals surface area contributed by atoms with Crippen molar-refractivity contribution in [2.45, 2.75) is 52.1 Å². The maximum Gasteiger partial charge on any atom is 0.308 e. The standard InChI is InChI=1S/C11H22O4.C3H6O/c1-3-4-5-9(11(14)15-2)6-7-10(13)8-12;1-3(2)4/h9-10,12-13H,3-8H2,1-2H3;4H,1H2,2H3/p-1. The Kier molecular flexibility index (Phi) is 14.2. The Hall–Kier alpha value is -1.07. The number of aliphatic hydroxyl groups is 2. The fraction of sp³-hybridized carbons (Fsp3) is 0.786. The number of aliphatic hydroxyl groups excluding tert-OH is 2. The van der Waals surface area contributed by atoms with Gasteiger partial charge in [0.15, 0.2) is 0 Å². The quantitative estimate of drug-likeness (QED) is 0.509. The molecule has 0 bridgehead atoms. The molecule has 2 unspecified atom stereocenters. The minimum Gasteiger partial charge on any atom is -0.876 e. The van der Waals surface area contributed by atoms with Gasteiger partial charge >= 0.3 is 5.97 Å². The third-order valence-corrected chi connectivity index (χ3v) is 2.50. The predicted molar refractivity (Wildman–Crippen MR) is 72.2 cm³/mol. The summed E-state index contributed by atoms with van der Waals surface area (Å²) in [6.07, 6.45) is 3.11. The molecule has 2 atom stereocenters. The van der Waals surface area contributed by atoms with Crippen LogP contribution in [-0.4, -0.2) is 36.0 Å². The Morgan fingerprint density at radius 1 is 1.37 bits per heavy atom. The van der Waals surface area contributed by atoms with E-state index in [4.69, 9.17) is 9.84 Å². The number of carbonyl (C=O) groups is 1. The first-order chi connectivity index (χ1) is 8.88. The summed E-state index contributed by atoms with van der Waals surface area (Å²) in [5.41, 5.74) is 0. The summed E-state index contributed by atoms with van der Waals surface area (Å²) in [7, 11) is 1.38. The molecule has 0 radical (unpaired) electrons. The van der Waals surface area contributed by atoms with E-state index in [1.54, 1.807) is 0 Å². The van der Waals surface area contributed by atoms with Crippen LogP contribution in [0.25, 0.3) is 0 Å². The highest BCUT2D eigenvalue weighted by atomic mass is 16.5. The molecule has 0 aliphatic heterocycles. The minimum absolute atomic E-state index is 0.0833. The van der Waals surface area contributed by atoms with Crippen LogP contribution in [0.4, 0.5) is 0 Å². The molecule has 5 nitrogen and oxygen atoms in total. The molecule has 0 fully saturated rings. The van der Waals surface area contributed by atoms with Gasteiger partial charge in [0.05, 0.1) is 25.7 Å². The first-order valence-corrected chi connectivity index (χ1v) is 6.58. The van der Waals surface area contributed by atoms with Gasteiger partial charge in [-0.3, -0.25) is 4.79 Å². The molecule has 0 aromatic heterocycles. The highest BCUT2D eigenvalue weighted by Gasteiger charge is 2.19. The van der Waals surface area contributed by atoms with E-state index in [9.17, 15) is 15.0 Å². The SMILES string of the molecule is C=C(C)[O-].CCCCC(CCC(O)CO)C(=O)OC. The molecule has 0 saturated carbocycles. The number of methoxy groups -OCH3 is 1. The molecule has 0 spiro atoms. The zero-order chi connectivity index (χ0) is 15.3. The molecule has 0 aromatic rings. The molecule has 19 heavy (non-hydrogen) atoms. The van der Waals surface area contributed by atoms with Crippen molar-refractivity contribution in [1.82, 2.24) is 0 Å². The van der Waals surface area contributed by atoms with Crippen LogP contribution in [0.3, 0.4) is 0 Å². The Morgan fingerprint density at radius 2 is 1.89 bits per heavy atom. The van der Waals surface area contributed by atoms with Gasteiger partial charge in [-0.25, -0.2) is 0 Å². The highest BCUT2D eigenvalue weighted by Crippen LogP contribution is 2.17. The van der Waals surface area contributed by atoms with Crippen LogP contribution in [0.1, 0.15) is 46.0 Å². The normalized spacial score (nSPS) is 12.9. The number of hydrogen-bond donors (Lipinski definition) is 2. The van der Waals surface area contributed by atoms with Crippen molar-refractivity contribution in [3.63, 3.8) is 0 Å². The number of rotatable bonds is 8. The number of carbonyl (C=O) groups excluding carboxylic acids is 1. The van der Waals surface area contributed by atoms with Crippen LogP contribution < -0.4 is 5.11 Å². The lowest BCUT2D eigenvalue weighted by Gasteiger charge is -2.15. The molecule has 5 heteroatoms. The summed E-state index contributed by atoms with van der Waals surface area (Å²) >= 11 is 0. The molecule has 0 heterocycles. The summed E-state index contributed by atoms with van der Waals surface area (Å²) in [4.78, 5) is 11.4. The van der Waals surface area contributed by atoms with Crippen molar-refractivity contribution in [2.24, 2.45) is 5.92 Å². The van der Waals surface area contributed by atoms with E-state index in [0.29, 0.717) is 12.8 Å². The molecule has 0 aromatic carbocycles. The summed E-state index contributed by atoms with van der Waals surface area (Å²) in [6.45, 7) is 6.23. The summed E-state index contributed by atoms with van der Waals surface area (Å²) < 4.78 is 4.69. The smallest absolute Gasteiger partial charge is 0.308 e. The zero-order valence-electron chi connectivity index (χ0n) is 12.2. The lowest BCUT2D eigenvalue weighted by atomic mass is 9.95. The molecule has 0 aliphatic rings. The van der Waals surface area contributed by atoms with Crippen molar-refractivity contribution in [3.05, 3.63) is 12.3 Å². The number of hydrogen-bond acceptors (Lipinski definition) is 5. The van der Waals surface area contributed by atoms with Crippen LogP contribution >= 0.6 is 0 Å².